The second-order valence-corrected chi connectivity index (χ2v) is 10.6. The van der Waals surface area contributed by atoms with Gasteiger partial charge in [0, 0.05) is 5.56 Å². The number of aromatic nitrogens is 2. The van der Waals surface area contributed by atoms with Crippen LogP contribution in [0.15, 0.2) is 36.7 Å². The monoisotopic (exact) mass is 788 g/mol. The van der Waals surface area contributed by atoms with Gasteiger partial charge in [0.05, 0.1) is 38.8 Å². The van der Waals surface area contributed by atoms with Crippen molar-refractivity contribution >= 4 is 0 Å². The summed E-state index contributed by atoms with van der Waals surface area (Å²) in [5.41, 5.74) is 0.645. The molecule has 2 aromatic rings. The number of rotatable bonds is 24. The summed E-state index contributed by atoms with van der Waals surface area (Å²) in [7, 11) is 0. The van der Waals surface area contributed by atoms with E-state index in [4.69, 9.17) is 14.2 Å². The lowest BCUT2D eigenvalue weighted by Gasteiger charge is -2.36. The van der Waals surface area contributed by atoms with Crippen molar-refractivity contribution in [2.45, 2.75) is 81.5 Å². The molecule has 0 aliphatic carbocycles. The summed E-state index contributed by atoms with van der Waals surface area (Å²) in [6.45, 7) is -1.36. The minimum absolute atomic E-state index is 0.112. The van der Waals surface area contributed by atoms with E-state index in [1.165, 1.54) is 18.8 Å². The van der Waals surface area contributed by atoms with E-state index in [1.54, 1.807) is 29.0 Å². The van der Waals surface area contributed by atoms with Crippen LogP contribution in [-0.2, 0) is 18.9 Å². The summed E-state index contributed by atoms with van der Waals surface area (Å²) in [6, 6.07) is 6.43. The third-order valence-corrected chi connectivity index (χ3v) is 6.38. The van der Waals surface area contributed by atoms with E-state index in [0.717, 1.165) is 25.7 Å². The van der Waals surface area contributed by atoms with Crippen molar-refractivity contribution in [1.82, 2.24) is 9.97 Å². The molecule has 0 fully saturated rings. The van der Waals surface area contributed by atoms with E-state index in [1.807, 2.05) is 0 Å². The summed E-state index contributed by atoms with van der Waals surface area (Å²) in [4.78, 5) is 8.50. The maximum atomic E-state index is 13.6. The van der Waals surface area contributed by atoms with Gasteiger partial charge in [-0.15, -0.1) is 0 Å². The Morgan fingerprint density at radius 3 is 1.62 bits per heavy atom. The molecule has 298 valence electrons. The topological polar surface area (TPSA) is 81.2 Å². The van der Waals surface area contributed by atoms with Crippen LogP contribution in [0.4, 0.5) is 65.9 Å². The van der Waals surface area contributed by atoms with Crippen molar-refractivity contribution in [3.63, 3.8) is 0 Å². The number of hydrogen-bond donors (Lipinski definition) is 0. The molecule has 0 atom stereocenters. The molecule has 23 heteroatoms. The zero-order chi connectivity index (χ0) is 39.5. The summed E-state index contributed by atoms with van der Waals surface area (Å²) >= 11 is 0. The van der Waals surface area contributed by atoms with Gasteiger partial charge in [-0.05, 0) is 30.7 Å². The predicted molar refractivity (Wildman–Crippen MR) is 147 cm³/mol. The van der Waals surface area contributed by atoms with E-state index in [-0.39, 0.29) is 13.2 Å². The largest absolute Gasteiger partial charge is 0.491 e. The van der Waals surface area contributed by atoms with Gasteiger partial charge >= 0.3 is 42.5 Å². The first kappa shape index (κ1) is 44.8. The third kappa shape index (κ3) is 12.4. The van der Waals surface area contributed by atoms with E-state index < -0.39 is 62.3 Å². The number of ether oxygens (including phenoxy) is 6. The summed E-state index contributed by atoms with van der Waals surface area (Å²) in [6.07, 6.45) is -26.6. The molecule has 0 aliphatic rings. The summed E-state index contributed by atoms with van der Waals surface area (Å²) < 4.78 is 220. The molecule has 0 amide bonds. The molecule has 0 saturated heterocycles. The molecule has 2 rings (SSSR count). The van der Waals surface area contributed by atoms with Gasteiger partial charge < -0.3 is 18.9 Å². The van der Waals surface area contributed by atoms with Gasteiger partial charge in [0.25, 0.3) is 0 Å². The van der Waals surface area contributed by atoms with Gasteiger partial charge in [-0.1, -0.05) is 32.6 Å². The van der Waals surface area contributed by atoms with Crippen molar-refractivity contribution in [2.75, 3.05) is 39.6 Å². The first-order chi connectivity index (χ1) is 23.9. The van der Waals surface area contributed by atoms with Crippen LogP contribution in [0.25, 0.3) is 11.4 Å². The standard InChI is InChI=1S/C29H31F15N2O6/c1-2-3-4-5-6-11-49-21-16-45-22(46-17-21)19-7-9-20(10-8-19)50-15-14-47-12-13-48-18-23(30,31)51-28(41,42)29(43,44)52-27(39,40)25(34,35)24(32,33)26(36,37)38/h7-10,16-17H,2-6,11-15,18H2,1H3. The minimum Gasteiger partial charge on any atom is -0.491 e. The van der Waals surface area contributed by atoms with Gasteiger partial charge in [-0.2, -0.15) is 65.9 Å². The third-order valence-electron chi connectivity index (χ3n) is 6.38. The van der Waals surface area contributed by atoms with Crippen molar-refractivity contribution in [3.8, 4) is 22.9 Å². The molecular weight excluding hydrogens is 757 g/mol. The Hall–Kier alpha value is -3.31. The fraction of sp³-hybridized carbons (Fsp3) is 0.655. The Balaban J connectivity index is 1.73. The van der Waals surface area contributed by atoms with Gasteiger partial charge in [0.2, 0.25) is 0 Å². The van der Waals surface area contributed by atoms with Crippen molar-refractivity contribution in [2.24, 2.45) is 0 Å². The molecule has 1 aromatic carbocycles. The molecule has 0 N–H and O–H groups in total. The van der Waals surface area contributed by atoms with Gasteiger partial charge in [-0.25, -0.2) is 19.4 Å². The number of unbranched alkanes of at least 4 members (excludes halogenated alkanes) is 4. The second kappa shape index (κ2) is 18.1. The molecule has 0 aliphatic heterocycles. The zero-order valence-electron chi connectivity index (χ0n) is 26.8. The van der Waals surface area contributed by atoms with E-state index in [0.29, 0.717) is 29.5 Å². The molecule has 1 aromatic heterocycles. The number of hydrogen-bond acceptors (Lipinski definition) is 8. The van der Waals surface area contributed by atoms with Crippen molar-refractivity contribution < 1.29 is 94.3 Å². The van der Waals surface area contributed by atoms with Crippen molar-refractivity contribution in [1.29, 1.82) is 0 Å². The number of halogens is 15. The van der Waals surface area contributed by atoms with Crippen LogP contribution < -0.4 is 9.47 Å². The van der Waals surface area contributed by atoms with Crippen LogP contribution in [-0.4, -0.2) is 92.1 Å². The van der Waals surface area contributed by atoms with Crippen LogP contribution >= 0.6 is 0 Å². The number of alkyl halides is 15. The average Bonchev–Trinajstić information content (AvgIpc) is 3.03. The Kier molecular flexibility index (Phi) is 15.7. The predicted octanol–water partition coefficient (Wildman–Crippen LogP) is 9.14. The maximum absolute atomic E-state index is 13.6. The molecule has 8 nitrogen and oxygen atoms in total. The highest BCUT2D eigenvalue weighted by Gasteiger charge is 2.85. The normalized spacial score (nSPS) is 13.8. The van der Waals surface area contributed by atoms with Crippen LogP contribution in [0.3, 0.4) is 0 Å². The van der Waals surface area contributed by atoms with Crippen molar-refractivity contribution in [3.05, 3.63) is 36.7 Å². The smallest absolute Gasteiger partial charge is 0.460 e. The van der Waals surface area contributed by atoms with E-state index >= 15 is 0 Å². The lowest BCUT2D eigenvalue weighted by molar-refractivity contribution is -0.543. The summed E-state index contributed by atoms with van der Waals surface area (Å²) in [5, 5.41) is 0. The van der Waals surface area contributed by atoms with Crippen LogP contribution in [0.2, 0.25) is 0 Å². The lowest BCUT2D eigenvalue weighted by atomic mass is 10.1. The SMILES string of the molecule is CCCCCCCOc1cnc(-c2ccc(OCCOCCOCC(F)(F)OC(F)(F)C(F)(F)OC(F)(F)C(F)(F)C(F)(F)C(F)(F)F)cc2)nc1. The maximum Gasteiger partial charge on any atom is 0.460 e. The highest BCUT2D eigenvalue weighted by molar-refractivity contribution is 5.56. The van der Waals surface area contributed by atoms with E-state index in [9.17, 15) is 65.9 Å². The molecule has 1 heterocycles. The molecule has 0 spiro atoms. The second-order valence-electron chi connectivity index (χ2n) is 10.6. The van der Waals surface area contributed by atoms with Crippen LogP contribution in [0.1, 0.15) is 39.0 Å². The lowest BCUT2D eigenvalue weighted by Crippen LogP contribution is -2.64. The number of nitrogens with zero attached hydrogens (tertiary/aromatic N) is 2. The fourth-order valence-corrected chi connectivity index (χ4v) is 3.69. The molecule has 0 radical (unpaired) electrons. The number of benzene rings is 1. The summed E-state index contributed by atoms with van der Waals surface area (Å²) in [5.74, 6) is -14.4. The zero-order valence-corrected chi connectivity index (χ0v) is 26.8. The Labute approximate surface area is 285 Å². The van der Waals surface area contributed by atoms with Crippen LogP contribution in [0, 0.1) is 0 Å². The molecule has 52 heavy (non-hydrogen) atoms. The Morgan fingerprint density at radius 2 is 1.04 bits per heavy atom. The minimum atomic E-state index is -7.93. The Bertz CT molecular complexity index is 1350. The molecular formula is C29H31F15N2O6. The van der Waals surface area contributed by atoms with Crippen LogP contribution in [0.5, 0.6) is 11.5 Å². The molecule has 0 bridgehead atoms. The van der Waals surface area contributed by atoms with Gasteiger partial charge in [-0.3, -0.25) is 0 Å². The highest BCUT2D eigenvalue weighted by Crippen LogP contribution is 2.56. The first-order valence-corrected chi connectivity index (χ1v) is 15.0. The Morgan fingerprint density at radius 1 is 0.519 bits per heavy atom. The van der Waals surface area contributed by atoms with Gasteiger partial charge in [0.15, 0.2) is 11.6 Å². The highest BCUT2D eigenvalue weighted by atomic mass is 19.4. The van der Waals surface area contributed by atoms with Gasteiger partial charge in [0.1, 0.15) is 19.0 Å². The van der Waals surface area contributed by atoms with E-state index in [2.05, 4.69) is 26.4 Å². The fourth-order valence-electron chi connectivity index (χ4n) is 3.69. The first-order valence-electron chi connectivity index (χ1n) is 15.0. The molecule has 0 unspecified atom stereocenters. The molecule has 0 saturated carbocycles. The quantitative estimate of drug-likeness (QED) is 0.0770. The average molecular weight is 789 g/mol.